The lowest BCUT2D eigenvalue weighted by molar-refractivity contribution is -0.0369. The minimum absolute atomic E-state index is 0.0965. The van der Waals surface area contributed by atoms with Crippen molar-refractivity contribution in [2.45, 2.75) is 51.3 Å². The predicted molar refractivity (Wildman–Crippen MR) is 94.4 cm³/mol. The molecule has 6 heteroatoms. The van der Waals surface area contributed by atoms with Crippen LogP contribution < -0.4 is 4.74 Å². The number of hydrogen-bond donors (Lipinski definition) is 0. The molecule has 25 heavy (non-hydrogen) atoms. The summed E-state index contributed by atoms with van der Waals surface area (Å²) in [5.41, 5.74) is 1.80. The van der Waals surface area contributed by atoms with Gasteiger partial charge in [-0.25, -0.2) is 9.07 Å². The smallest absolute Gasteiger partial charge is 0.167 e. The molecule has 0 aliphatic carbocycles. The van der Waals surface area contributed by atoms with Crippen LogP contribution >= 0.6 is 0 Å². The molecule has 0 spiro atoms. The second kappa shape index (κ2) is 6.92. The van der Waals surface area contributed by atoms with Gasteiger partial charge in [0.25, 0.3) is 0 Å². The van der Waals surface area contributed by atoms with Crippen LogP contribution in [0.2, 0.25) is 0 Å². The summed E-state index contributed by atoms with van der Waals surface area (Å²) in [5.74, 6) is -0.0787. The van der Waals surface area contributed by atoms with Gasteiger partial charge in [-0.3, -0.25) is 0 Å². The highest BCUT2D eigenvalue weighted by molar-refractivity contribution is 5.84. The molecular weight excluding hydrogens is 321 g/mol. The van der Waals surface area contributed by atoms with E-state index in [2.05, 4.69) is 11.8 Å². The van der Waals surface area contributed by atoms with E-state index in [0.29, 0.717) is 6.04 Å². The maximum absolute atomic E-state index is 14.3. The van der Waals surface area contributed by atoms with E-state index < -0.39 is 0 Å². The molecule has 0 bridgehead atoms. The Kier molecular flexibility index (Phi) is 4.65. The fourth-order valence-corrected chi connectivity index (χ4v) is 3.83. The molecule has 0 saturated carbocycles. The molecule has 0 radical (unpaired) electrons. The van der Waals surface area contributed by atoms with E-state index in [1.165, 1.54) is 19.6 Å². The topological polar surface area (TPSA) is 39.5 Å². The normalized spacial score (nSPS) is 24.4. The van der Waals surface area contributed by atoms with Crippen LogP contribution in [0, 0.1) is 5.82 Å². The minimum Gasteiger partial charge on any atom is -0.494 e. The summed E-state index contributed by atoms with van der Waals surface area (Å²) in [7, 11) is 1.50. The van der Waals surface area contributed by atoms with Crippen molar-refractivity contribution in [1.82, 2.24) is 14.7 Å². The fourth-order valence-electron chi connectivity index (χ4n) is 3.83. The Hall–Kier alpha value is -1.66. The molecule has 2 fully saturated rings. The highest BCUT2D eigenvalue weighted by atomic mass is 19.1. The van der Waals surface area contributed by atoms with Gasteiger partial charge in [-0.2, -0.15) is 5.10 Å². The van der Waals surface area contributed by atoms with Gasteiger partial charge in [0.05, 0.1) is 18.3 Å². The molecule has 0 amide bonds. The van der Waals surface area contributed by atoms with Crippen LogP contribution in [0.15, 0.2) is 12.1 Å². The molecule has 2 unspecified atom stereocenters. The van der Waals surface area contributed by atoms with Crippen LogP contribution in [-0.2, 0) is 11.2 Å². The van der Waals surface area contributed by atoms with Crippen molar-refractivity contribution in [1.29, 1.82) is 0 Å². The van der Waals surface area contributed by atoms with Crippen molar-refractivity contribution < 1.29 is 13.9 Å². The van der Waals surface area contributed by atoms with Crippen LogP contribution in [0.3, 0.4) is 0 Å². The van der Waals surface area contributed by atoms with Gasteiger partial charge in [-0.05, 0) is 45.2 Å². The summed E-state index contributed by atoms with van der Waals surface area (Å²) < 4.78 is 27.2. The van der Waals surface area contributed by atoms with E-state index in [1.807, 2.05) is 4.68 Å². The first-order valence-electron chi connectivity index (χ1n) is 9.27. The van der Waals surface area contributed by atoms with E-state index in [4.69, 9.17) is 14.6 Å². The second-order valence-corrected chi connectivity index (χ2v) is 7.14. The Morgan fingerprint density at radius 1 is 1.32 bits per heavy atom. The zero-order chi connectivity index (χ0) is 17.4. The summed E-state index contributed by atoms with van der Waals surface area (Å²) >= 11 is 0. The molecule has 2 aromatic rings. The predicted octanol–water partition coefficient (Wildman–Crippen LogP) is 3.52. The zero-order valence-electron chi connectivity index (χ0n) is 15.0. The number of methoxy groups -OCH3 is 1. The van der Waals surface area contributed by atoms with E-state index in [9.17, 15) is 4.39 Å². The first-order chi connectivity index (χ1) is 12.2. The standard InChI is InChI=1S/C19H26FN3O2/c1-13-6-8-22(13)9-7-16-14-11-18(24-2)15(20)12-17(14)23(21-16)19-5-3-4-10-25-19/h11-13,19H,3-10H2,1-2H3. The minimum atomic E-state index is -0.352. The number of rotatable bonds is 5. The van der Waals surface area contributed by atoms with Crippen molar-refractivity contribution in [3.05, 3.63) is 23.6 Å². The maximum atomic E-state index is 14.3. The average Bonchev–Trinajstić information content (AvgIpc) is 2.98. The largest absolute Gasteiger partial charge is 0.494 e. The Labute approximate surface area is 147 Å². The summed E-state index contributed by atoms with van der Waals surface area (Å²) in [6, 6.07) is 3.97. The summed E-state index contributed by atoms with van der Waals surface area (Å²) in [5, 5.41) is 5.80. The van der Waals surface area contributed by atoms with Gasteiger partial charge in [0, 0.05) is 37.1 Å². The van der Waals surface area contributed by atoms with E-state index >= 15 is 0 Å². The Balaban J connectivity index is 1.69. The molecule has 4 rings (SSSR count). The van der Waals surface area contributed by atoms with Gasteiger partial charge in [0.1, 0.15) is 0 Å². The molecule has 2 aliphatic rings. The maximum Gasteiger partial charge on any atom is 0.167 e. The molecular formula is C19H26FN3O2. The number of nitrogens with zero attached hydrogens (tertiary/aromatic N) is 3. The van der Waals surface area contributed by atoms with Gasteiger partial charge in [-0.1, -0.05) is 0 Å². The SMILES string of the molecule is COc1cc2c(CCN3CCC3C)nn(C3CCCCO3)c2cc1F. The number of fused-ring (bicyclic) bond motifs is 1. The van der Waals surface area contributed by atoms with Crippen molar-refractivity contribution >= 4 is 10.9 Å². The number of halogens is 1. The number of ether oxygens (including phenoxy) is 2. The third kappa shape index (κ3) is 3.13. The molecule has 1 aromatic carbocycles. The third-order valence-electron chi connectivity index (χ3n) is 5.58. The first-order valence-corrected chi connectivity index (χ1v) is 9.27. The van der Waals surface area contributed by atoms with E-state index in [-0.39, 0.29) is 17.8 Å². The number of aromatic nitrogens is 2. The Bertz CT molecular complexity index is 755. The molecule has 1 aromatic heterocycles. The molecule has 3 heterocycles. The van der Waals surface area contributed by atoms with Gasteiger partial charge < -0.3 is 14.4 Å². The number of benzene rings is 1. The molecule has 2 saturated heterocycles. The van der Waals surface area contributed by atoms with Crippen LogP contribution in [0.25, 0.3) is 10.9 Å². The summed E-state index contributed by atoms with van der Waals surface area (Å²) in [4.78, 5) is 2.46. The third-order valence-corrected chi connectivity index (χ3v) is 5.58. The monoisotopic (exact) mass is 347 g/mol. The highest BCUT2D eigenvalue weighted by Crippen LogP contribution is 2.32. The van der Waals surface area contributed by atoms with Crippen molar-refractivity contribution in [2.75, 3.05) is 26.8 Å². The lowest BCUT2D eigenvalue weighted by atomic mass is 10.0. The van der Waals surface area contributed by atoms with Gasteiger partial charge in [0.15, 0.2) is 17.8 Å². The molecule has 136 valence electrons. The van der Waals surface area contributed by atoms with Crippen LogP contribution in [0.5, 0.6) is 5.75 Å². The van der Waals surface area contributed by atoms with Crippen LogP contribution in [0.1, 0.15) is 44.5 Å². The quantitative estimate of drug-likeness (QED) is 0.830. The van der Waals surface area contributed by atoms with Gasteiger partial charge in [-0.15, -0.1) is 0 Å². The molecule has 2 aliphatic heterocycles. The van der Waals surface area contributed by atoms with Crippen LogP contribution in [0.4, 0.5) is 4.39 Å². The van der Waals surface area contributed by atoms with Crippen molar-refractivity contribution in [3.8, 4) is 5.75 Å². The number of hydrogen-bond acceptors (Lipinski definition) is 4. The lowest BCUT2D eigenvalue weighted by Gasteiger charge is -2.38. The highest BCUT2D eigenvalue weighted by Gasteiger charge is 2.25. The second-order valence-electron chi connectivity index (χ2n) is 7.14. The summed E-state index contributed by atoms with van der Waals surface area (Å²) in [6.45, 7) is 5.14. The van der Waals surface area contributed by atoms with E-state index in [0.717, 1.165) is 62.0 Å². The first kappa shape index (κ1) is 16.8. The van der Waals surface area contributed by atoms with E-state index in [1.54, 1.807) is 6.07 Å². The molecule has 0 N–H and O–H groups in total. The lowest BCUT2D eigenvalue weighted by Crippen LogP contribution is -2.46. The Morgan fingerprint density at radius 2 is 2.20 bits per heavy atom. The van der Waals surface area contributed by atoms with Crippen molar-refractivity contribution in [3.63, 3.8) is 0 Å². The molecule has 2 atom stereocenters. The van der Waals surface area contributed by atoms with Gasteiger partial charge in [0.2, 0.25) is 0 Å². The average molecular weight is 347 g/mol. The van der Waals surface area contributed by atoms with Gasteiger partial charge >= 0.3 is 0 Å². The Morgan fingerprint density at radius 3 is 2.84 bits per heavy atom. The zero-order valence-corrected chi connectivity index (χ0v) is 15.0. The van der Waals surface area contributed by atoms with Crippen molar-refractivity contribution in [2.24, 2.45) is 0 Å². The molecule has 5 nitrogen and oxygen atoms in total. The summed E-state index contributed by atoms with van der Waals surface area (Å²) in [6.07, 6.45) is 5.15. The number of likely N-dealkylation sites (tertiary alicyclic amines) is 1. The van der Waals surface area contributed by atoms with Crippen LogP contribution in [-0.4, -0.2) is 47.5 Å². The fraction of sp³-hybridized carbons (Fsp3) is 0.632.